The van der Waals surface area contributed by atoms with E-state index in [9.17, 15) is 9.59 Å². The molecule has 4 rings (SSSR count). The predicted molar refractivity (Wildman–Crippen MR) is 131 cm³/mol. The zero-order valence-corrected chi connectivity index (χ0v) is 21.2. The smallest absolute Gasteiger partial charge is 0.410 e. The van der Waals surface area contributed by atoms with Gasteiger partial charge in [0.15, 0.2) is 0 Å². The third-order valence-corrected chi connectivity index (χ3v) is 8.29. The largest absolute Gasteiger partial charge is 0.440 e. The maximum atomic E-state index is 13.2. The van der Waals surface area contributed by atoms with Crippen molar-refractivity contribution in [1.82, 2.24) is 14.7 Å². The van der Waals surface area contributed by atoms with Gasteiger partial charge in [-0.1, -0.05) is 37.5 Å². The van der Waals surface area contributed by atoms with Crippen LogP contribution in [0.3, 0.4) is 0 Å². The lowest BCUT2D eigenvalue weighted by atomic mass is 9.81. The number of piperidine rings is 2. The van der Waals surface area contributed by atoms with E-state index in [1.807, 2.05) is 30.7 Å². The first-order valence-electron chi connectivity index (χ1n) is 12.8. The lowest BCUT2D eigenvalue weighted by Gasteiger charge is -2.46. The molecular formula is C27H41N3O3. The summed E-state index contributed by atoms with van der Waals surface area (Å²) in [6.07, 6.45) is 7.00. The SMILES string of the molecule is CCCCC1N(C)C(=O)OC12CCN(C1CCN(C(=O)c3c(C)cc(C)cc3C)CC1)CC2. The molecule has 1 aromatic rings. The predicted octanol–water partition coefficient (Wildman–Crippen LogP) is 4.69. The summed E-state index contributed by atoms with van der Waals surface area (Å²) in [4.78, 5) is 32.1. The van der Waals surface area contributed by atoms with Gasteiger partial charge in [-0.05, 0) is 51.2 Å². The van der Waals surface area contributed by atoms with Crippen molar-refractivity contribution in [3.63, 3.8) is 0 Å². The molecule has 33 heavy (non-hydrogen) atoms. The van der Waals surface area contributed by atoms with Gasteiger partial charge in [-0.15, -0.1) is 0 Å². The van der Waals surface area contributed by atoms with Gasteiger partial charge in [0.25, 0.3) is 5.91 Å². The Labute approximate surface area is 199 Å². The molecule has 0 bridgehead atoms. The lowest BCUT2D eigenvalue weighted by Crippen LogP contribution is -2.55. The molecule has 1 aromatic carbocycles. The van der Waals surface area contributed by atoms with Crippen LogP contribution in [0.1, 0.15) is 78.9 Å². The van der Waals surface area contributed by atoms with Crippen LogP contribution in [0.25, 0.3) is 0 Å². The molecule has 0 radical (unpaired) electrons. The van der Waals surface area contributed by atoms with Crippen LogP contribution in [0, 0.1) is 20.8 Å². The fraction of sp³-hybridized carbons (Fsp3) is 0.704. The van der Waals surface area contributed by atoms with Crippen molar-refractivity contribution < 1.29 is 14.3 Å². The third kappa shape index (κ3) is 4.64. The number of rotatable bonds is 5. The molecule has 0 saturated carbocycles. The molecule has 3 aliphatic heterocycles. The highest BCUT2D eigenvalue weighted by atomic mass is 16.6. The second kappa shape index (κ2) is 9.65. The molecule has 1 unspecified atom stereocenters. The number of benzene rings is 1. The van der Waals surface area contributed by atoms with Crippen molar-refractivity contribution in [2.24, 2.45) is 0 Å². The zero-order valence-electron chi connectivity index (χ0n) is 21.2. The number of amides is 2. The van der Waals surface area contributed by atoms with E-state index in [1.54, 1.807) is 0 Å². The van der Waals surface area contributed by atoms with Gasteiger partial charge in [-0.25, -0.2) is 4.79 Å². The highest BCUT2D eigenvalue weighted by Crippen LogP contribution is 2.41. The Morgan fingerprint density at radius 2 is 1.67 bits per heavy atom. The Balaban J connectivity index is 1.34. The Hall–Kier alpha value is -2.08. The van der Waals surface area contributed by atoms with Gasteiger partial charge in [-0.2, -0.15) is 0 Å². The van der Waals surface area contributed by atoms with E-state index in [4.69, 9.17) is 4.74 Å². The number of hydrogen-bond donors (Lipinski definition) is 0. The summed E-state index contributed by atoms with van der Waals surface area (Å²) < 4.78 is 5.98. The van der Waals surface area contributed by atoms with Crippen LogP contribution in [0.5, 0.6) is 0 Å². The van der Waals surface area contributed by atoms with Crippen LogP contribution in [-0.4, -0.2) is 77.6 Å². The van der Waals surface area contributed by atoms with Gasteiger partial charge in [-0.3, -0.25) is 9.69 Å². The van der Waals surface area contributed by atoms with Crippen molar-refractivity contribution in [2.75, 3.05) is 33.2 Å². The van der Waals surface area contributed by atoms with Crippen molar-refractivity contribution in [3.05, 3.63) is 34.4 Å². The number of likely N-dealkylation sites (N-methyl/N-ethyl adjacent to an activating group) is 1. The summed E-state index contributed by atoms with van der Waals surface area (Å²) in [7, 11) is 1.90. The zero-order chi connectivity index (χ0) is 23.8. The number of hydrogen-bond acceptors (Lipinski definition) is 4. The van der Waals surface area contributed by atoms with Gasteiger partial charge in [0.2, 0.25) is 0 Å². The number of carbonyl (C=O) groups excluding carboxylic acids is 2. The molecule has 0 aromatic heterocycles. The molecule has 0 N–H and O–H groups in total. The Morgan fingerprint density at radius 1 is 1.06 bits per heavy atom. The van der Waals surface area contributed by atoms with Gasteiger partial charge >= 0.3 is 6.09 Å². The number of ether oxygens (including phenoxy) is 1. The number of likely N-dealkylation sites (tertiary alicyclic amines) is 2. The fourth-order valence-corrected chi connectivity index (χ4v) is 6.46. The molecule has 3 heterocycles. The number of aryl methyl sites for hydroxylation is 3. The molecule has 3 aliphatic rings. The molecule has 3 saturated heterocycles. The second-order valence-corrected chi connectivity index (χ2v) is 10.5. The second-order valence-electron chi connectivity index (χ2n) is 10.5. The molecule has 182 valence electrons. The highest BCUT2D eigenvalue weighted by Gasteiger charge is 2.53. The summed E-state index contributed by atoms with van der Waals surface area (Å²) in [6.45, 7) is 11.9. The van der Waals surface area contributed by atoms with Crippen LogP contribution in [0.4, 0.5) is 4.79 Å². The van der Waals surface area contributed by atoms with Gasteiger partial charge in [0.05, 0.1) is 6.04 Å². The molecule has 0 aliphatic carbocycles. The molecule has 1 atom stereocenters. The first-order chi connectivity index (χ1) is 15.8. The molecule has 3 fully saturated rings. The number of nitrogens with zero attached hydrogens (tertiary/aromatic N) is 3. The van der Waals surface area contributed by atoms with E-state index in [0.717, 1.165) is 87.8 Å². The van der Waals surface area contributed by atoms with E-state index in [0.29, 0.717) is 6.04 Å². The average molecular weight is 456 g/mol. The Morgan fingerprint density at radius 3 is 2.24 bits per heavy atom. The van der Waals surface area contributed by atoms with E-state index in [-0.39, 0.29) is 23.6 Å². The normalized spacial score (nSPS) is 23.9. The minimum Gasteiger partial charge on any atom is -0.440 e. The maximum Gasteiger partial charge on any atom is 0.410 e. The monoisotopic (exact) mass is 455 g/mol. The van der Waals surface area contributed by atoms with E-state index >= 15 is 0 Å². The van der Waals surface area contributed by atoms with Crippen molar-refractivity contribution in [2.45, 2.75) is 90.3 Å². The van der Waals surface area contributed by atoms with Crippen LogP contribution in [0.2, 0.25) is 0 Å². The van der Waals surface area contributed by atoms with Crippen molar-refractivity contribution in [1.29, 1.82) is 0 Å². The summed E-state index contributed by atoms with van der Waals surface area (Å²) in [5, 5.41) is 0. The lowest BCUT2D eigenvalue weighted by molar-refractivity contribution is -0.0375. The molecule has 6 nitrogen and oxygen atoms in total. The Bertz CT molecular complexity index is 860. The number of carbonyl (C=O) groups is 2. The van der Waals surface area contributed by atoms with Crippen LogP contribution >= 0.6 is 0 Å². The molecule has 2 amide bonds. The van der Waals surface area contributed by atoms with Gasteiger partial charge < -0.3 is 14.5 Å². The summed E-state index contributed by atoms with van der Waals surface area (Å²) >= 11 is 0. The average Bonchev–Trinajstić information content (AvgIpc) is 3.01. The first kappa shape index (κ1) is 24.1. The first-order valence-corrected chi connectivity index (χ1v) is 12.8. The number of unbranched alkanes of at least 4 members (excludes halogenated alkanes) is 1. The topological polar surface area (TPSA) is 53.1 Å². The van der Waals surface area contributed by atoms with Crippen molar-refractivity contribution in [3.8, 4) is 0 Å². The third-order valence-electron chi connectivity index (χ3n) is 8.29. The van der Waals surface area contributed by atoms with Crippen LogP contribution < -0.4 is 0 Å². The minimum atomic E-state index is -0.311. The molecular weight excluding hydrogens is 414 g/mol. The van der Waals surface area contributed by atoms with Crippen LogP contribution in [-0.2, 0) is 4.74 Å². The van der Waals surface area contributed by atoms with Gasteiger partial charge in [0, 0.05) is 57.7 Å². The molecule has 6 heteroatoms. The maximum absolute atomic E-state index is 13.2. The molecule has 1 spiro atoms. The quantitative estimate of drug-likeness (QED) is 0.646. The summed E-state index contributed by atoms with van der Waals surface area (Å²) in [5.41, 5.74) is 3.93. The fourth-order valence-electron chi connectivity index (χ4n) is 6.46. The van der Waals surface area contributed by atoms with Gasteiger partial charge in [0.1, 0.15) is 5.60 Å². The summed E-state index contributed by atoms with van der Waals surface area (Å²) in [6, 6.07) is 4.93. The van der Waals surface area contributed by atoms with E-state index in [1.165, 1.54) is 5.56 Å². The van der Waals surface area contributed by atoms with Crippen molar-refractivity contribution >= 4 is 12.0 Å². The summed E-state index contributed by atoms with van der Waals surface area (Å²) in [5.74, 6) is 0.181. The van der Waals surface area contributed by atoms with E-state index < -0.39 is 0 Å². The van der Waals surface area contributed by atoms with E-state index in [2.05, 4.69) is 30.9 Å². The Kier molecular flexibility index (Phi) is 7.04. The highest BCUT2D eigenvalue weighted by molar-refractivity contribution is 5.97. The standard InChI is InChI=1S/C27H41N3O3/c1-6-7-8-23-27(33-26(32)28(23)5)11-15-29(16-12-27)22-9-13-30(14-10-22)25(31)24-20(3)17-19(2)18-21(24)4/h17-18,22-23H,6-16H2,1-5H3. The van der Waals surface area contributed by atoms with Crippen LogP contribution in [0.15, 0.2) is 12.1 Å². The minimum absolute atomic E-state index is 0.155.